The second kappa shape index (κ2) is 6.55. The van der Waals surface area contributed by atoms with Crippen molar-refractivity contribution in [1.82, 2.24) is 0 Å². The van der Waals surface area contributed by atoms with Gasteiger partial charge < -0.3 is 5.32 Å². The Morgan fingerprint density at radius 2 is 2.00 bits per heavy atom. The molecule has 0 spiro atoms. The van der Waals surface area contributed by atoms with Gasteiger partial charge in [-0.25, -0.2) is 4.39 Å². The highest BCUT2D eigenvalue weighted by molar-refractivity contribution is 7.08. The minimum Gasteiger partial charge on any atom is -0.378 e. The van der Waals surface area contributed by atoms with Gasteiger partial charge in [0.2, 0.25) is 0 Å². The van der Waals surface area contributed by atoms with Crippen molar-refractivity contribution in [3.8, 4) is 0 Å². The molecule has 1 N–H and O–H groups in total. The third-order valence-electron chi connectivity index (χ3n) is 2.98. The number of hydrogen-bond acceptors (Lipinski definition) is 2. The molecule has 1 atom stereocenters. The van der Waals surface area contributed by atoms with Crippen LogP contribution in [0.15, 0.2) is 41.1 Å². The van der Waals surface area contributed by atoms with Crippen molar-refractivity contribution in [2.45, 2.75) is 32.2 Å². The van der Waals surface area contributed by atoms with E-state index in [1.165, 1.54) is 25.0 Å². The highest BCUT2D eigenvalue weighted by Gasteiger charge is 2.11. The number of hydrogen-bond donors (Lipinski definition) is 1. The summed E-state index contributed by atoms with van der Waals surface area (Å²) < 4.78 is 13.0. The van der Waals surface area contributed by atoms with Crippen LogP contribution in [0, 0.1) is 5.82 Å². The minimum atomic E-state index is -0.177. The van der Waals surface area contributed by atoms with Crippen molar-refractivity contribution in [2.75, 3.05) is 5.32 Å². The van der Waals surface area contributed by atoms with Gasteiger partial charge in [0.25, 0.3) is 0 Å². The predicted octanol–water partition coefficient (Wildman–Crippen LogP) is 5.23. The third-order valence-corrected chi connectivity index (χ3v) is 3.66. The van der Waals surface area contributed by atoms with Gasteiger partial charge in [-0.3, -0.25) is 0 Å². The van der Waals surface area contributed by atoms with Gasteiger partial charge in [0.05, 0.1) is 6.04 Å². The molecule has 2 rings (SSSR count). The maximum absolute atomic E-state index is 13.0. The molecule has 0 amide bonds. The van der Waals surface area contributed by atoms with E-state index in [4.69, 9.17) is 0 Å². The Bertz CT molecular complexity index is 450. The maximum atomic E-state index is 13.0. The monoisotopic (exact) mass is 263 g/mol. The fraction of sp³-hybridized carbons (Fsp3) is 0.333. The summed E-state index contributed by atoms with van der Waals surface area (Å²) in [6, 6.07) is 9.14. The quantitative estimate of drug-likeness (QED) is 0.752. The summed E-state index contributed by atoms with van der Waals surface area (Å²) in [5, 5.41) is 7.68. The van der Waals surface area contributed by atoms with Crippen LogP contribution in [0.4, 0.5) is 10.1 Å². The molecule has 0 radical (unpaired) electrons. The van der Waals surface area contributed by atoms with Gasteiger partial charge >= 0.3 is 0 Å². The average Bonchev–Trinajstić information content (AvgIpc) is 2.88. The zero-order valence-corrected chi connectivity index (χ0v) is 11.3. The Kier molecular flexibility index (Phi) is 4.76. The first-order chi connectivity index (χ1) is 8.79. The SMILES string of the molecule is CCCCC(Nc1ccsc1)c1ccc(F)cc1. The van der Waals surface area contributed by atoms with E-state index in [1.807, 2.05) is 12.1 Å². The van der Waals surface area contributed by atoms with Crippen molar-refractivity contribution in [1.29, 1.82) is 0 Å². The molecule has 0 aliphatic rings. The number of nitrogens with one attached hydrogen (secondary N) is 1. The van der Waals surface area contributed by atoms with Crippen LogP contribution in [0.2, 0.25) is 0 Å². The van der Waals surface area contributed by atoms with Crippen LogP contribution in [-0.2, 0) is 0 Å². The molecule has 0 saturated heterocycles. The van der Waals surface area contributed by atoms with Crippen LogP contribution in [0.3, 0.4) is 0 Å². The van der Waals surface area contributed by atoms with Gasteiger partial charge in [-0.2, -0.15) is 11.3 Å². The molecular formula is C15H18FNS. The Morgan fingerprint density at radius 1 is 1.22 bits per heavy atom. The summed E-state index contributed by atoms with van der Waals surface area (Å²) in [5.41, 5.74) is 2.29. The van der Waals surface area contributed by atoms with Gasteiger partial charge in [0.1, 0.15) is 5.82 Å². The summed E-state index contributed by atoms with van der Waals surface area (Å²) in [5.74, 6) is -0.177. The Balaban J connectivity index is 2.11. The third kappa shape index (κ3) is 3.57. The molecule has 96 valence electrons. The number of rotatable bonds is 6. The lowest BCUT2D eigenvalue weighted by molar-refractivity contribution is 0.616. The predicted molar refractivity (Wildman–Crippen MR) is 76.6 cm³/mol. The van der Waals surface area contributed by atoms with E-state index in [2.05, 4.69) is 29.1 Å². The first kappa shape index (κ1) is 13.1. The Hall–Kier alpha value is -1.35. The van der Waals surface area contributed by atoms with Crippen LogP contribution >= 0.6 is 11.3 Å². The number of thiophene rings is 1. The van der Waals surface area contributed by atoms with Gasteiger partial charge in [0, 0.05) is 11.1 Å². The lowest BCUT2D eigenvalue weighted by Gasteiger charge is -2.19. The zero-order chi connectivity index (χ0) is 12.8. The fourth-order valence-electron chi connectivity index (χ4n) is 1.97. The van der Waals surface area contributed by atoms with Crippen molar-refractivity contribution >= 4 is 17.0 Å². The molecule has 2 aromatic rings. The molecule has 1 heterocycles. The van der Waals surface area contributed by atoms with Crippen LogP contribution in [-0.4, -0.2) is 0 Å². The number of benzene rings is 1. The average molecular weight is 263 g/mol. The maximum Gasteiger partial charge on any atom is 0.123 e. The van der Waals surface area contributed by atoms with E-state index in [0.717, 1.165) is 17.7 Å². The second-order valence-corrected chi connectivity index (χ2v) is 5.18. The Labute approximate surface area is 112 Å². The largest absolute Gasteiger partial charge is 0.378 e. The van der Waals surface area contributed by atoms with E-state index >= 15 is 0 Å². The molecule has 0 aliphatic carbocycles. The van der Waals surface area contributed by atoms with E-state index < -0.39 is 0 Å². The first-order valence-electron chi connectivity index (χ1n) is 6.34. The number of anilines is 1. The molecule has 0 bridgehead atoms. The van der Waals surface area contributed by atoms with Crippen molar-refractivity contribution in [3.63, 3.8) is 0 Å². The topological polar surface area (TPSA) is 12.0 Å². The van der Waals surface area contributed by atoms with Gasteiger partial charge in [0.15, 0.2) is 0 Å². The van der Waals surface area contributed by atoms with Crippen LogP contribution in [0.25, 0.3) is 0 Å². The van der Waals surface area contributed by atoms with Crippen molar-refractivity contribution in [3.05, 3.63) is 52.5 Å². The summed E-state index contributed by atoms with van der Waals surface area (Å²) in [6.07, 6.45) is 3.40. The standard InChI is InChI=1S/C15H18FNS/c1-2-3-4-15(17-14-9-10-18-11-14)12-5-7-13(16)8-6-12/h5-11,15,17H,2-4H2,1H3. The second-order valence-electron chi connectivity index (χ2n) is 4.40. The molecule has 0 aliphatic heterocycles. The van der Waals surface area contributed by atoms with Crippen LogP contribution in [0.5, 0.6) is 0 Å². The molecule has 1 unspecified atom stereocenters. The van der Waals surface area contributed by atoms with Gasteiger partial charge in [-0.1, -0.05) is 31.9 Å². The molecule has 3 heteroatoms. The molecule has 1 nitrogen and oxygen atoms in total. The van der Waals surface area contributed by atoms with E-state index in [1.54, 1.807) is 11.3 Å². The normalized spacial score (nSPS) is 12.3. The van der Waals surface area contributed by atoms with E-state index in [9.17, 15) is 4.39 Å². The first-order valence-corrected chi connectivity index (χ1v) is 7.28. The molecular weight excluding hydrogens is 245 g/mol. The lowest BCUT2D eigenvalue weighted by atomic mass is 10.0. The lowest BCUT2D eigenvalue weighted by Crippen LogP contribution is -2.10. The summed E-state index contributed by atoms with van der Waals surface area (Å²) in [7, 11) is 0. The molecule has 1 aromatic heterocycles. The molecule has 18 heavy (non-hydrogen) atoms. The van der Waals surface area contributed by atoms with Crippen molar-refractivity contribution in [2.24, 2.45) is 0 Å². The highest BCUT2D eigenvalue weighted by Crippen LogP contribution is 2.26. The minimum absolute atomic E-state index is 0.177. The van der Waals surface area contributed by atoms with Gasteiger partial charge in [-0.15, -0.1) is 0 Å². The van der Waals surface area contributed by atoms with Crippen molar-refractivity contribution < 1.29 is 4.39 Å². The summed E-state index contributed by atoms with van der Waals surface area (Å²) in [6.45, 7) is 2.19. The summed E-state index contributed by atoms with van der Waals surface area (Å²) >= 11 is 1.68. The molecule has 0 saturated carbocycles. The molecule has 1 aromatic carbocycles. The van der Waals surface area contributed by atoms with Crippen LogP contribution < -0.4 is 5.32 Å². The smallest absolute Gasteiger partial charge is 0.123 e. The summed E-state index contributed by atoms with van der Waals surface area (Å²) in [4.78, 5) is 0. The number of halogens is 1. The molecule has 0 fully saturated rings. The van der Waals surface area contributed by atoms with E-state index in [-0.39, 0.29) is 11.9 Å². The van der Waals surface area contributed by atoms with E-state index in [0.29, 0.717) is 0 Å². The Morgan fingerprint density at radius 3 is 2.61 bits per heavy atom. The zero-order valence-electron chi connectivity index (χ0n) is 10.5. The van der Waals surface area contributed by atoms with Gasteiger partial charge in [-0.05, 0) is 35.6 Å². The number of unbranched alkanes of at least 4 members (excludes halogenated alkanes) is 1. The van der Waals surface area contributed by atoms with Crippen LogP contribution in [0.1, 0.15) is 37.8 Å². The fourth-order valence-corrected chi connectivity index (χ4v) is 2.57. The highest BCUT2D eigenvalue weighted by atomic mass is 32.1.